The highest BCUT2D eigenvalue weighted by Crippen LogP contribution is 2.39. The van der Waals surface area contributed by atoms with Gasteiger partial charge in [-0.25, -0.2) is 0 Å². The standard InChI is InChI=1S/C17H29F5O2/c18-16(19,17(20,21)22)11-6-4-2-1-3-5-7-12-23-14-10-15-9-8-13-24-15/h15H,1-14H2. The van der Waals surface area contributed by atoms with Gasteiger partial charge in [-0.05, 0) is 32.1 Å². The van der Waals surface area contributed by atoms with Gasteiger partial charge >= 0.3 is 12.1 Å². The van der Waals surface area contributed by atoms with E-state index in [9.17, 15) is 22.0 Å². The fraction of sp³-hybridized carbons (Fsp3) is 1.00. The maximum absolute atomic E-state index is 12.7. The zero-order valence-corrected chi connectivity index (χ0v) is 14.2. The van der Waals surface area contributed by atoms with Gasteiger partial charge in [-0.15, -0.1) is 0 Å². The van der Waals surface area contributed by atoms with E-state index in [0.29, 0.717) is 25.6 Å². The van der Waals surface area contributed by atoms with Gasteiger partial charge in [0.1, 0.15) is 0 Å². The molecule has 0 aliphatic carbocycles. The van der Waals surface area contributed by atoms with Crippen LogP contribution in [0, 0.1) is 0 Å². The largest absolute Gasteiger partial charge is 0.453 e. The third-order valence-corrected chi connectivity index (χ3v) is 4.30. The van der Waals surface area contributed by atoms with Crippen LogP contribution in [0.3, 0.4) is 0 Å². The molecule has 1 unspecified atom stereocenters. The van der Waals surface area contributed by atoms with Crippen molar-refractivity contribution in [3.8, 4) is 0 Å². The zero-order chi connectivity index (χ0) is 17.9. The van der Waals surface area contributed by atoms with Gasteiger partial charge < -0.3 is 9.47 Å². The van der Waals surface area contributed by atoms with E-state index in [1.807, 2.05) is 0 Å². The summed E-state index contributed by atoms with van der Waals surface area (Å²) >= 11 is 0. The van der Waals surface area contributed by atoms with Crippen LogP contribution in [0.2, 0.25) is 0 Å². The lowest BCUT2D eigenvalue weighted by Gasteiger charge is -2.19. The van der Waals surface area contributed by atoms with E-state index in [1.165, 1.54) is 0 Å². The Morgan fingerprint density at radius 1 is 0.833 bits per heavy atom. The Bertz CT molecular complexity index is 315. The molecule has 0 amide bonds. The Hall–Kier alpha value is -0.430. The summed E-state index contributed by atoms with van der Waals surface area (Å²) < 4.78 is 72.2. The number of hydrogen-bond acceptors (Lipinski definition) is 2. The molecule has 1 aliphatic rings. The van der Waals surface area contributed by atoms with Crippen LogP contribution < -0.4 is 0 Å². The lowest BCUT2D eigenvalue weighted by Crippen LogP contribution is -2.36. The molecule has 2 nitrogen and oxygen atoms in total. The van der Waals surface area contributed by atoms with Crippen molar-refractivity contribution in [3.05, 3.63) is 0 Å². The smallest absolute Gasteiger partial charge is 0.381 e. The summed E-state index contributed by atoms with van der Waals surface area (Å²) in [6.45, 7) is 2.29. The topological polar surface area (TPSA) is 18.5 Å². The molecule has 24 heavy (non-hydrogen) atoms. The van der Waals surface area contributed by atoms with Gasteiger partial charge in [0.25, 0.3) is 0 Å². The van der Waals surface area contributed by atoms with Crippen LogP contribution in [0.15, 0.2) is 0 Å². The summed E-state index contributed by atoms with van der Waals surface area (Å²) in [6.07, 6.45) is 1.87. The molecular weight excluding hydrogens is 331 g/mol. The monoisotopic (exact) mass is 360 g/mol. The summed E-state index contributed by atoms with van der Waals surface area (Å²) in [5.74, 6) is -4.55. The molecule has 1 fully saturated rings. The van der Waals surface area contributed by atoms with Crippen LogP contribution in [0.4, 0.5) is 22.0 Å². The molecule has 0 radical (unpaired) electrons. The first-order valence-corrected chi connectivity index (χ1v) is 8.97. The van der Waals surface area contributed by atoms with Crippen LogP contribution >= 0.6 is 0 Å². The molecule has 0 aromatic rings. The highest BCUT2D eigenvalue weighted by molar-refractivity contribution is 4.75. The van der Waals surface area contributed by atoms with Gasteiger partial charge in [0.2, 0.25) is 0 Å². The summed E-state index contributed by atoms with van der Waals surface area (Å²) in [7, 11) is 0. The molecule has 1 heterocycles. The molecule has 0 aromatic carbocycles. The summed E-state index contributed by atoms with van der Waals surface area (Å²) in [6, 6.07) is 0. The Morgan fingerprint density at radius 3 is 2.04 bits per heavy atom. The second-order valence-corrected chi connectivity index (χ2v) is 6.46. The van der Waals surface area contributed by atoms with E-state index < -0.39 is 18.5 Å². The highest BCUT2D eigenvalue weighted by Gasteiger charge is 2.56. The number of hydrogen-bond donors (Lipinski definition) is 0. The first-order chi connectivity index (χ1) is 11.3. The van der Waals surface area contributed by atoms with Crippen LogP contribution in [0.1, 0.15) is 70.6 Å². The van der Waals surface area contributed by atoms with Crippen molar-refractivity contribution in [1.82, 2.24) is 0 Å². The van der Waals surface area contributed by atoms with Crippen molar-refractivity contribution < 1.29 is 31.4 Å². The Kier molecular flexibility index (Phi) is 10.1. The number of alkyl halides is 5. The summed E-state index contributed by atoms with van der Waals surface area (Å²) in [5, 5.41) is 0. The highest BCUT2D eigenvalue weighted by atomic mass is 19.4. The summed E-state index contributed by atoms with van der Waals surface area (Å²) in [4.78, 5) is 0. The Labute approximate surface area is 141 Å². The predicted molar refractivity (Wildman–Crippen MR) is 82.3 cm³/mol. The maximum Gasteiger partial charge on any atom is 0.453 e. The van der Waals surface area contributed by atoms with Gasteiger partial charge in [0.05, 0.1) is 6.10 Å². The van der Waals surface area contributed by atoms with Crippen LogP contribution in [0.5, 0.6) is 0 Å². The molecule has 0 saturated carbocycles. The average Bonchev–Trinajstić information content (AvgIpc) is 3.00. The lowest BCUT2D eigenvalue weighted by molar-refractivity contribution is -0.284. The van der Waals surface area contributed by atoms with Gasteiger partial charge in [0, 0.05) is 26.2 Å². The van der Waals surface area contributed by atoms with Crippen molar-refractivity contribution in [3.63, 3.8) is 0 Å². The van der Waals surface area contributed by atoms with Crippen molar-refractivity contribution in [2.75, 3.05) is 19.8 Å². The first-order valence-electron chi connectivity index (χ1n) is 8.97. The van der Waals surface area contributed by atoms with Crippen LogP contribution in [-0.2, 0) is 9.47 Å². The molecule has 7 heteroatoms. The average molecular weight is 360 g/mol. The zero-order valence-electron chi connectivity index (χ0n) is 14.2. The molecule has 0 spiro atoms. The lowest BCUT2D eigenvalue weighted by atomic mass is 10.1. The first kappa shape index (κ1) is 21.6. The van der Waals surface area contributed by atoms with Crippen molar-refractivity contribution in [2.45, 2.75) is 88.8 Å². The van der Waals surface area contributed by atoms with E-state index in [2.05, 4.69) is 0 Å². The minimum atomic E-state index is -5.42. The summed E-state index contributed by atoms with van der Waals surface area (Å²) in [5.41, 5.74) is 0. The van der Waals surface area contributed by atoms with Gasteiger partial charge in [-0.2, -0.15) is 22.0 Å². The molecule has 0 bridgehead atoms. The number of halogens is 5. The minimum absolute atomic E-state index is 0.0845. The Balaban J connectivity index is 1.80. The molecule has 1 rings (SSSR count). The van der Waals surface area contributed by atoms with Gasteiger partial charge in [0.15, 0.2) is 0 Å². The number of unbranched alkanes of at least 4 members (excludes halogenated alkanes) is 6. The minimum Gasteiger partial charge on any atom is -0.381 e. The normalized spacial score (nSPS) is 19.1. The molecule has 144 valence electrons. The van der Waals surface area contributed by atoms with E-state index in [-0.39, 0.29) is 6.42 Å². The fourth-order valence-electron chi connectivity index (χ4n) is 2.77. The second-order valence-electron chi connectivity index (χ2n) is 6.46. The molecule has 1 atom stereocenters. The molecule has 1 aliphatic heterocycles. The molecule has 0 aromatic heterocycles. The van der Waals surface area contributed by atoms with E-state index in [4.69, 9.17) is 9.47 Å². The third-order valence-electron chi connectivity index (χ3n) is 4.30. The number of ether oxygens (including phenoxy) is 2. The number of rotatable bonds is 13. The SMILES string of the molecule is FC(F)(F)C(F)(F)CCCCCCCCCOCCC1CCCO1. The molecule has 1 saturated heterocycles. The van der Waals surface area contributed by atoms with Crippen molar-refractivity contribution in [1.29, 1.82) is 0 Å². The maximum atomic E-state index is 12.7. The van der Waals surface area contributed by atoms with E-state index in [0.717, 1.165) is 58.2 Å². The third kappa shape index (κ3) is 9.16. The van der Waals surface area contributed by atoms with Crippen molar-refractivity contribution in [2.24, 2.45) is 0 Å². The van der Waals surface area contributed by atoms with Crippen LogP contribution in [0.25, 0.3) is 0 Å². The second kappa shape index (κ2) is 11.2. The van der Waals surface area contributed by atoms with E-state index in [1.54, 1.807) is 0 Å². The fourth-order valence-corrected chi connectivity index (χ4v) is 2.77. The van der Waals surface area contributed by atoms with Gasteiger partial charge in [-0.1, -0.05) is 32.1 Å². The Morgan fingerprint density at radius 2 is 1.46 bits per heavy atom. The molecular formula is C17H29F5O2. The van der Waals surface area contributed by atoms with E-state index >= 15 is 0 Å². The quantitative estimate of drug-likeness (QED) is 0.301. The molecule has 0 N–H and O–H groups in total. The van der Waals surface area contributed by atoms with Crippen molar-refractivity contribution >= 4 is 0 Å². The van der Waals surface area contributed by atoms with Gasteiger partial charge in [-0.3, -0.25) is 0 Å². The van der Waals surface area contributed by atoms with Crippen LogP contribution in [-0.4, -0.2) is 38.0 Å². The predicted octanol–water partition coefficient (Wildman–Crippen LogP) is 5.89.